The minimum absolute atomic E-state index is 0.00739. The zero-order valence-corrected chi connectivity index (χ0v) is 20.7. The van der Waals surface area contributed by atoms with Crippen LogP contribution in [0.3, 0.4) is 0 Å². The lowest BCUT2D eigenvalue weighted by molar-refractivity contribution is -0.143. The summed E-state index contributed by atoms with van der Waals surface area (Å²) < 4.78 is 79.3. The van der Waals surface area contributed by atoms with E-state index < -0.39 is 41.1 Å². The quantitative estimate of drug-likeness (QED) is 0.247. The number of alkyl halides is 6. The molecular weight excluding hydrogens is 532 g/mol. The highest BCUT2D eigenvalue weighted by Crippen LogP contribution is 2.37. The third kappa shape index (κ3) is 8.10. The molecule has 0 spiro atoms. The molecule has 38 heavy (non-hydrogen) atoms. The van der Waals surface area contributed by atoms with Gasteiger partial charge in [-0.2, -0.15) is 26.3 Å². The van der Waals surface area contributed by atoms with Gasteiger partial charge in [-0.1, -0.05) is 42.5 Å². The van der Waals surface area contributed by atoms with E-state index in [4.69, 9.17) is 12.2 Å². The van der Waals surface area contributed by atoms with Crippen LogP contribution in [0.15, 0.2) is 72.8 Å². The van der Waals surface area contributed by atoms with Crippen molar-refractivity contribution in [3.63, 3.8) is 0 Å². The number of phenolic OH excluding ortho intramolecular Hbond substituents is 1. The van der Waals surface area contributed by atoms with Gasteiger partial charge in [0.25, 0.3) is 0 Å². The van der Waals surface area contributed by atoms with Crippen LogP contribution in [0, 0.1) is 0 Å². The van der Waals surface area contributed by atoms with Crippen LogP contribution in [0.25, 0.3) is 0 Å². The minimum atomic E-state index is -5.02. The number of halogens is 6. The Labute approximate surface area is 220 Å². The Kier molecular flexibility index (Phi) is 8.87. The van der Waals surface area contributed by atoms with Gasteiger partial charge < -0.3 is 20.6 Å². The van der Waals surface area contributed by atoms with E-state index in [1.807, 2.05) is 30.3 Å². The summed E-state index contributed by atoms with van der Waals surface area (Å²) in [5.41, 5.74) is -2.08. The third-order valence-electron chi connectivity index (χ3n) is 5.46. The molecule has 0 saturated carbocycles. The Morgan fingerprint density at radius 2 is 1.45 bits per heavy atom. The number of nitrogens with one attached hydrogen (secondary N) is 2. The summed E-state index contributed by atoms with van der Waals surface area (Å²) in [5.74, 6) is -0.418. The van der Waals surface area contributed by atoms with E-state index in [0.29, 0.717) is 17.7 Å². The number of nitrogens with zero attached hydrogens (tertiary/aromatic N) is 1. The molecule has 12 heteroatoms. The molecule has 1 amide bonds. The molecule has 0 saturated heterocycles. The summed E-state index contributed by atoms with van der Waals surface area (Å²) in [4.78, 5) is 14.7. The number of aromatic hydroxyl groups is 1. The normalized spacial score (nSPS) is 12.5. The van der Waals surface area contributed by atoms with Crippen LogP contribution >= 0.6 is 12.2 Å². The number of benzene rings is 3. The summed E-state index contributed by atoms with van der Waals surface area (Å²) in [6, 6.07) is 15.1. The van der Waals surface area contributed by atoms with Gasteiger partial charge in [0, 0.05) is 25.7 Å². The van der Waals surface area contributed by atoms with Gasteiger partial charge in [0.2, 0.25) is 5.91 Å². The van der Waals surface area contributed by atoms with Gasteiger partial charge in [0.15, 0.2) is 5.11 Å². The summed E-state index contributed by atoms with van der Waals surface area (Å²) in [6.45, 7) is 0.246. The molecule has 3 aromatic carbocycles. The van der Waals surface area contributed by atoms with Crippen LogP contribution in [0.4, 0.5) is 32.0 Å². The van der Waals surface area contributed by atoms with E-state index in [9.17, 15) is 36.2 Å². The lowest BCUT2D eigenvalue weighted by atomic mass is 10.0. The van der Waals surface area contributed by atoms with Crippen molar-refractivity contribution in [2.45, 2.75) is 31.4 Å². The Hall–Kier alpha value is -3.80. The van der Waals surface area contributed by atoms with Crippen molar-refractivity contribution in [2.75, 3.05) is 12.4 Å². The maximum absolute atomic E-state index is 13.3. The molecule has 0 heterocycles. The highest BCUT2D eigenvalue weighted by atomic mass is 32.1. The molecule has 3 N–H and O–H groups in total. The molecule has 0 unspecified atom stereocenters. The number of hydrogen-bond donors (Lipinski definition) is 3. The van der Waals surface area contributed by atoms with Crippen LogP contribution < -0.4 is 10.6 Å². The lowest BCUT2D eigenvalue weighted by Gasteiger charge is -2.26. The zero-order valence-electron chi connectivity index (χ0n) is 19.9. The molecule has 3 aromatic rings. The van der Waals surface area contributed by atoms with Crippen molar-refractivity contribution in [1.29, 1.82) is 0 Å². The predicted octanol–water partition coefficient (Wildman–Crippen LogP) is 5.99. The van der Waals surface area contributed by atoms with Crippen LogP contribution in [-0.4, -0.2) is 34.1 Å². The Bertz CT molecular complexity index is 1230. The lowest BCUT2D eigenvalue weighted by Crippen LogP contribution is -2.49. The molecule has 5 nitrogen and oxygen atoms in total. The van der Waals surface area contributed by atoms with Crippen molar-refractivity contribution in [3.8, 4) is 5.75 Å². The van der Waals surface area contributed by atoms with Gasteiger partial charge in [-0.15, -0.1) is 0 Å². The highest BCUT2D eigenvalue weighted by Gasteiger charge is 2.37. The van der Waals surface area contributed by atoms with Crippen molar-refractivity contribution in [2.24, 2.45) is 0 Å². The molecule has 1 atom stereocenters. The van der Waals surface area contributed by atoms with Crippen molar-refractivity contribution < 1.29 is 36.2 Å². The van der Waals surface area contributed by atoms with E-state index >= 15 is 0 Å². The number of hydrogen-bond acceptors (Lipinski definition) is 3. The molecule has 202 valence electrons. The monoisotopic (exact) mass is 555 g/mol. The SMILES string of the molecule is CN(Cc1ccccc1)C(=O)[C@H](Cc1ccc(O)cc1)NC(=S)Nc1cc(C(F)(F)F)cc(C(F)(F)F)c1. The van der Waals surface area contributed by atoms with E-state index in [2.05, 4.69) is 10.6 Å². The first-order chi connectivity index (χ1) is 17.7. The predicted molar refractivity (Wildman–Crippen MR) is 134 cm³/mol. The molecule has 0 radical (unpaired) electrons. The first-order valence-corrected chi connectivity index (χ1v) is 11.6. The molecule has 0 aromatic heterocycles. The van der Waals surface area contributed by atoms with Crippen molar-refractivity contribution in [1.82, 2.24) is 10.2 Å². The molecule has 0 bridgehead atoms. The fourth-order valence-corrected chi connectivity index (χ4v) is 3.88. The summed E-state index contributed by atoms with van der Waals surface area (Å²) >= 11 is 5.16. The largest absolute Gasteiger partial charge is 0.508 e. The fraction of sp³-hybridized carbons (Fsp3) is 0.231. The zero-order chi connectivity index (χ0) is 28.1. The Morgan fingerprint density at radius 3 is 1.97 bits per heavy atom. The number of anilines is 1. The van der Waals surface area contributed by atoms with Crippen LogP contribution in [0.5, 0.6) is 5.75 Å². The van der Waals surface area contributed by atoms with Gasteiger partial charge >= 0.3 is 12.4 Å². The third-order valence-corrected chi connectivity index (χ3v) is 5.68. The van der Waals surface area contributed by atoms with Gasteiger partial charge in [-0.3, -0.25) is 4.79 Å². The second-order valence-corrected chi connectivity index (χ2v) is 8.90. The molecule has 0 aliphatic rings. The molecule has 0 aliphatic heterocycles. The number of amides is 1. The van der Waals surface area contributed by atoms with Crippen LogP contribution in [0.1, 0.15) is 22.3 Å². The number of carbonyl (C=O) groups excluding carboxylic acids is 1. The standard InChI is InChI=1S/C26H23F6N3O2S/c1-35(15-17-5-3-2-4-6-17)23(37)22(11-16-7-9-21(36)10-8-16)34-24(38)33-20-13-18(25(27,28)29)12-19(14-20)26(30,31)32/h2-10,12-14,22,36H,11,15H2,1H3,(H2,33,34,38)/t22-/m0/s1. The van der Waals surface area contributed by atoms with Gasteiger partial charge in [0.1, 0.15) is 11.8 Å². The van der Waals surface area contributed by atoms with Gasteiger partial charge in [-0.05, 0) is 53.7 Å². The molecule has 0 fully saturated rings. The average molecular weight is 556 g/mol. The number of phenols is 1. The van der Waals surface area contributed by atoms with E-state index in [0.717, 1.165) is 5.56 Å². The fourth-order valence-electron chi connectivity index (χ4n) is 3.62. The molecule has 0 aliphatic carbocycles. The summed E-state index contributed by atoms with van der Waals surface area (Å²) in [7, 11) is 1.56. The average Bonchev–Trinajstić information content (AvgIpc) is 2.83. The first-order valence-electron chi connectivity index (χ1n) is 11.2. The van der Waals surface area contributed by atoms with Gasteiger partial charge in [-0.25, -0.2) is 0 Å². The smallest absolute Gasteiger partial charge is 0.416 e. The maximum atomic E-state index is 13.3. The van der Waals surface area contributed by atoms with E-state index in [1.54, 1.807) is 19.2 Å². The van der Waals surface area contributed by atoms with Crippen molar-refractivity contribution in [3.05, 3.63) is 95.1 Å². The topological polar surface area (TPSA) is 64.6 Å². The van der Waals surface area contributed by atoms with E-state index in [-0.39, 0.29) is 29.9 Å². The minimum Gasteiger partial charge on any atom is -0.508 e. The second-order valence-electron chi connectivity index (χ2n) is 8.50. The molecule has 3 rings (SSSR count). The summed E-state index contributed by atoms with van der Waals surface area (Å²) in [5, 5.41) is 14.3. The number of thiocarbonyl (C=S) groups is 1. The van der Waals surface area contributed by atoms with E-state index in [1.165, 1.54) is 17.0 Å². The number of carbonyl (C=O) groups is 1. The second kappa shape index (κ2) is 11.7. The van der Waals surface area contributed by atoms with Crippen LogP contribution in [-0.2, 0) is 30.1 Å². The van der Waals surface area contributed by atoms with Gasteiger partial charge in [0.05, 0.1) is 11.1 Å². The van der Waals surface area contributed by atoms with Crippen LogP contribution in [0.2, 0.25) is 0 Å². The first kappa shape index (κ1) is 28.8. The summed E-state index contributed by atoms with van der Waals surface area (Å²) in [6.07, 6.45) is -9.98. The number of likely N-dealkylation sites (N-methyl/N-ethyl adjacent to an activating group) is 1. The number of rotatable bonds is 7. The Balaban J connectivity index is 1.84. The highest BCUT2D eigenvalue weighted by molar-refractivity contribution is 7.80. The Morgan fingerprint density at radius 1 is 0.895 bits per heavy atom. The molecular formula is C26H23F6N3O2S. The van der Waals surface area contributed by atoms with Crippen molar-refractivity contribution >= 4 is 28.9 Å². The maximum Gasteiger partial charge on any atom is 0.416 e.